The van der Waals surface area contributed by atoms with E-state index in [0.29, 0.717) is 22.4 Å². The predicted molar refractivity (Wildman–Crippen MR) is 136 cm³/mol. The van der Waals surface area contributed by atoms with Crippen LogP contribution in [-0.4, -0.2) is 29.5 Å². The molecular weight excluding hydrogens is 438 g/mol. The van der Waals surface area contributed by atoms with Gasteiger partial charge in [-0.1, -0.05) is 42.5 Å². The predicted octanol–water partition coefficient (Wildman–Crippen LogP) is 4.89. The lowest BCUT2D eigenvalue weighted by Crippen LogP contribution is -2.26. The molecule has 2 aromatic carbocycles. The lowest BCUT2D eigenvalue weighted by Gasteiger charge is -2.22. The number of fused-ring (bicyclic) bond motifs is 2. The van der Waals surface area contributed by atoms with Crippen molar-refractivity contribution in [3.8, 4) is 16.8 Å². The van der Waals surface area contributed by atoms with Gasteiger partial charge in [0.05, 0.1) is 17.8 Å². The zero-order valence-corrected chi connectivity index (χ0v) is 18.9. The second kappa shape index (κ2) is 8.49. The third-order valence-corrected chi connectivity index (χ3v) is 6.08. The smallest absolute Gasteiger partial charge is 0.263 e. The van der Waals surface area contributed by atoms with E-state index < -0.39 is 0 Å². The largest absolute Gasteiger partial charge is 0.360 e. The van der Waals surface area contributed by atoms with Gasteiger partial charge in [0.1, 0.15) is 11.8 Å². The van der Waals surface area contributed by atoms with E-state index in [1.165, 1.54) is 6.33 Å². The fourth-order valence-corrected chi connectivity index (χ4v) is 4.46. The van der Waals surface area contributed by atoms with Gasteiger partial charge in [-0.2, -0.15) is 0 Å². The van der Waals surface area contributed by atoms with Gasteiger partial charge in [0.15, 0.2) is 11.5 Å². The fourth-order valence-electron chi connectivity index (χ4n) is 4.46. The summed E-state index contributed by atoms with van der Waals surface area (Å²) in [5.74, 6) is 0.597. The van der Waals surface area contributed by atoms with Gasteiger partial charge < -0.3 is 10.3 Å². The third kappa shape index (κ3) is 3.61. The number of benzene rings is 2. The summed E-state index contributed by atoms with van der Waals surface area (Å²) in [4.78, 5) is 34.3. The van der Waals surface area contributed by atoms with E-state index >= 15 is 0 Å². The summed E-state index contributed by atoms with van der Waals surface area (Å²) in [6.07, 6.45) is 6.58. The Labute approximate surface area is 200 Å². The molecule has 8 nitrogen and oxygen atoms in total. The first-order valence-corrected chi connectivity index (χ1v) is 11.3. The maximum absolute atomic E-state index is 14.1. The van der Waals surface area contributed by atoms with Crippen LogP contribution in [0.15, 0.2) is 96.6 Å². The quantitative estimate of drug-likeness (QED) is 0.381. The maximum Gasteiger partial charge on any atom is 0.263 e. The molecule has 0 radical (unpaired) electrons. The van der Waals surface area contributed by atoms with Crippen molar-refractivity contribution in [2.45, 2.75) is 13.0 Å². The van der Waals surface area contributed by atoms with Crippen LogP contribution in [0.1, 0.15) is 18.7 Å². The monoisotopic (exact) mass is 459 g/mol. The van der Waals surface area contributed by atoms with Crippen molar-refractivity contribution in [2.24, 2.45) is 0 Å². The summed E-state index contributed by atoms with van der Waals surface area (Å²) in [7, 11) is 0. The van der Waals surface area contributed by atoms with Gasteiger partial charge in [-0.15, -0.1) is 0 Å². The van der Waals surface area contributed by atoms with Crippen LogP contribution in [-0.2, 0) is 0 Å². The molecule has 2 N–H and O–H groups in total. The summed E-state index contributed by atoms with van der Waals surface area (Å²) < 4.78 is 1.77. The minimum absolute atomic E-state index is 0.0931. The Bertz CT molecular complexity index is 1710. The molecular formula is C27H21N7O. The summed E-state index contributed by atoms with van der Waals surface area (Å²) >= 11 is 0. The Morgan fingerprint density at radius 1 is 0.971 bits per heavy atom. The molecule has 1 atom stereocenters. The van der Waals surface area contributed by atoms with Crippen LogP contribution in [0.2, 0.25) is 0 Å². The molecule has 0 fully saturated rings. The van der Waals surface area contributed by atoms with E-state index in [1.807, 2.05) is 67.6 Å². The van der Waals surface area contributed by atoms with Crippen LogP contribution in [0.4, 0.5) is 5.82 Å². The molecule has 0 aliphatic rings. The van der Waals surface area contributed by atoms with Crippen molar-refractivity contribution in [2.75, 3.05) is 5.32 Å². The third-order valence-electron chi connectivity index (χ3n) is 6.08. The lowest BCUT2D eigenvalue weighted by molar-refractivity contribution is 0.774. The van der Waals surface area contributed by atoms with Gasteiger partial charge in [-0.25, -0.2) is 15.0 Å². The number of imidazole rings is 1. The van der Waals surface area contributed by atoms with Crippen LogP contribution < -0.4 is 10.9 Å². The van der Waals surface area contributed by atoms with Gasteiger partial charge in [0.2, 0.25) is 0 Å². The van der Waals surface area contributed by atoms with Crippen LogP contribution >= 0.6 is 0 Å². The summed E-state index contributed by atoms with van der Waals surface area (Å²) in [6, 6.07) is 21.2. The number of rotatable bonds is 5. The molecule has 0 saturated heterocycles. The average molecular weight is 460 g/mol. The molecule has 4 aromatic heterocycles. The number of para-hydroxylation sites is 1. The maximum atomic E-state index is 14.1. The van der Waals surface area contributed by atoms with Crippen LogP contribution in [0.5, 0.6) is 0 Å². The van der Waals surface area contributed by atoms with Crippen LogP contribution in [0.3, 0.4) is 0 Å². The van der Waals surface area contributed by atoms with Crippen molar-refractivity contribution < 1.29 is 0 Å². The Morgan fingerprint density at radius 3 is 2.69 bits per heavy atom. The van der Waals surface area contributed by atoms with E-state index in [1.54, 1.807) is 23.3 Å². The molecule has 0 unspecified atom stereocenters. The second-order valence-electron chi connectivity index (χ2n) is 8.24. The fraction of sp³-hybridized carbons (Fsp3) is 0.0741. The number of aromatic amines is 1. The number of H-pyrrole nitrogens is 1. The Morgan fingerprint density at radius 2 is 1.86 bits per heavy atom. The highest BCUT2D eigenvalue weighted by Crippen LogP contribution is 2.30. The normalized spacial score (nSPS) is 12.1. The van der Waals surface area contributed by atoms with Gasteiger partial charge in [-0.3, -0.25) is 14.3 Å². The van der Waals surface area contributed by atoms with E-state index in [9.17, 15) is 4.79 Å². The Hall–Kier alpha value is -4.85. The number of hydrogen-bond acceptors (Lipinski definition) is 6. The van der Waals surface area contributed by atoms with Crippen LogP contribution in [0, 0.1) is 0 Å². The number of aromatic nitrogens is 6. The molecule has 0 aliphatic heterocycles. The molecule has 6 aromatic rings. The van der Waals surface area contributed by atoms with Gasteiger partial charge in [0.25, 0.3) is 5.56 Å². The van der Waals surface area contributed by atoms with Gasteiger partial charge in [-0.05, 0) is 42.1 Å². The first-order valence-electron chi connectivity index (χ1n) is 11.3. The molecule has 0 saturated carbocycles. The summed E-state index contributed by atoms with van der Waals surface area (Å²) in [5, 5.41) is 4.94. The first-order chi connectivity index (χ1) is 17.2. The van der Waals surface area contributed by atoms with Crippen molar-refractivity contribution >= 4 is 27.8 Å². The van der Waals surface area contributed by atoms with Gasteiger partial charge in [0, 0.05) is 29.3 Å². The number of anilines is 1. The molecule has 4 heterocycles. The Kier molecular flexibility index (Phi) is 5.03. The highest BCUT2D eigenvalue weighted by atomic mass is 16.1. The molecule has 0 spiro atoms. The van der Waals surface area contributed by atoms with Crippen LogP contribution in [0.25, 0.3) is 38.8 Å². The number of hydrogen-bond donors (Lipinski definition) is 2. The zero-order valence-electron chi connectivity index (χ0n) is 18.9. The minimum atomic E-state index is -0.260. The van der Waals surface area contributed by atoms with Crippen molar-refractivity contribution in [3.63, 3.8) is 0 Å². The topological polar surface area (TPSA) is 101 Å². The molecule has 0 amide bonds. The average Bonchev–Trinajstić information content (AvgIpc) is 3.39. The highest BCUT2D eigenvalue weighted by molar-refractivity contribution is 5.96. The Balaban J connectivity index is 1.58. The molecule has 170 valence electrons. The molecule has 8 heteroatoms. The SMILES string of the molecule is C[C@@H](Nc1ncnc2[nH]cnc12)c1cc2cccc(-c3cccnc3)c2c(=O)n1-c1ccccc1. The van der Waals surface area contributed by atoms with E-state index in [2.05, 4.69) is 36.3 Å². The number of pyridine rings is 2. The standard InChI is InChI=1S/C27H21N7O/c1-17(33-26-24-25(30-15-29-24)31-16-32-26)22-13-18-7-5-11-21(19-8-6-12-28-14-19)23(18)27(35)34(22)20-9-3-2-4-10-20/h2-17H,1H3,(H2,29,30,31,32,33)/t17-/m1/s1. The number of nitrogens with one attached hydrogen (secondary N) is 2. The zero-order chi connectivity index (χ0) is 23.8. The molecule has 0 bridgehead atoms. The molecule has 0 aliphatic carbocycles. The summed E-state index contributed by atoms with van der Waals surface area (Å²) in [6.45, 7) is 2.01. The van der Waals surface area contributed by atoms with Crippen molar-refractivity contribution in [1.29, 1.82) is 0 Å². The summed E-state index contributed by atoms with van der Waals surface area (Å²) in [5.41, 5.74) is 4.55. The van der Waals surface area contributed by atoms with E-state index in [0.717, 1.165) is 27.9 Å². The van der Waals surface area contributed by atoms with Gasteiger partial charge >= 0.3 is 0 Å². The molecule has 35 heavy (non-hydrogen) atoms. The minimum Gasteiger partial charge on any atom is -0.360 e. The van der Waals surface area contributed by atoms with E-state index in [4.69, 9.17) is 0 Å². The van der Waals surface area contributed by atoms with Crippen molar-refractivity contribution in [3.05, 3.63) is 108 Å². The number of nitrogens with zero attached hydrogens (tertiary/aromatic N) is 5. The first kappa shape index (κ1) is 20.7. The molecule has 6 rings (SSSR count). The van der Waals surface area contributed by atoms with Crippen molar-refractivity contribution in [1.82, 2.24) is 29.5 Å². The second-order valence-corrected chi connectivity index (χ2v) is 8.24. The van der Waals surface area contributed by atoms with E-state index in [-0.39, 0.29) is 11.6 Å². The highest BCUT2D eigenvalue weighted by Gasteiger charge is 2.20. The lowest BCUT2D eigenvalue weighted by atomic mass is 9.99.